The molecule has 0 unspecified atom stereocenters. The van der Waals surface area contributed by atoms with Gasteiger partial charge in [-0.1, -0.05) is 26.2 Å². The van der Waals surface area contributed by atoms with Gasteiger partial charge in [0.25, 0.3) is 0 Å². The number of aliphatic hydroxyl groups is 4. The van der Waals surface area contributed by atoms with Crippen LogP contribution in [-0.4, -0.2) is 45.3 Å². The maximum absolute atomic E-state index is 9.32. The van der Waals surface area contributed by atoms with E-state index in [1.54, 1.807) is 0 Å². The van der Waals surface area contributed by atoms with Gasteiger partial charge in [-0.25, -0.2) is 0 Å². The number of aliphatic hydroxyl groups excluding tert-OH is 4. The Bertz CT molecular complexity index is 118. The second-order valence-corrected chi connectivity index (χ2v) is 3.30. The van der Waals surface area contributed by atoms with E-state index in [4.69, 9.17) is 10.2 Å². The molecule has 3 atom stereocenters. The van der Waals surface area contributed by atoms with Crippen LogP contribution in [0, 0.1) is 0 Å². The first kappa shape index (κ1) is 12.8. The SMILES string of the molecule is CCCCC[C@@H](O)[C@H](O)[C@@H](O)CO. The summed E-state index contributed by atoms with van der Waals surface area (Å²) in [5, 5.41) is 36.0. The van der Waals surface area contributed by atoms with Crippen molar-refractivity contribution in [3.05, 3.63) is 0 Å². The Balaban J connectivity index is 3.62. The molecule has 4 N–H and O–H groups in total. The van der Waals surface area contributed by atoms with Gasteiger partial charge in [-0.2, -0.15) is 0 Å². The lowest BCUT2D eigenvalue weighted by Crippen LogP contribution is -2.39. The van der Waals surface area contributed by atoms with Crippen molar-refractivity contribution in [1.82, 2.24) is 0 Å². The number of hydrogen-bond donors (Lipinski definition) is 4. The molecule has 13 heavy (non-hydrogen) atoms. The molecule has 0 spiro atoms. The third kappa shape index (κ3) is 5.21. The lowest BCUT2D eigenvalue weighted by molar-refractivity contribution is -0.0787. The molecule has 0 rings (SSSR count). The quantitative estimate of drug-likeness (QED) is 0.415. The van der Waals surface area contributed by atoms with Crippen LogP contribution in [0.4, 0.5) is 0 Å². The Morgan fingerprint density at radius 3 is 2.08 bits per heavy atom. The predicted octanol–water partition coefficient (Wildman–Crippen LogP) is -0.358. The summed E-state index contributed by atoms with van der Waals surface area (Å²) in [5.74, 6) is 0. The molecule has 0 amide bonds. The molecule has 0 bridgehead atoms. The Labute approximate surface area is 78.8 Å². The fourth-order valence-electron chi connectivity index (χ4n) is 1.14. The topological polar surface area (TPSA) is 80.9 Å². The fourth-order valence-corrected chi connectivity index (χ4v) is 1.14. The van der Waals surface area contributed by atoms with Gasteiger partial charge in [0.05, 0.1) is 12.7 Å². The smallest absolute Gasteiger partial charge is 0.108 e. The van der Waals surface area contributed by atoms with Gasteiger partial charge in [0.15, 0.2) is 0 Å². The second-order valence-electron chi connectivity index (χ2n) is 3.30. The molecule has 0 saturated carbocycles. The minimum atomic E-state index is -1.24. The number of unbranched alkanes of at least 4 members (excludes halogenated alkanes) is 2. The summed E-state index contributed by atoms with van der Waals surface area (Å²) in [6, 6.07) is 0. The van der Waals surface area contributed by atoms with E-state index in [0.717, 1.165) is 19.3 Å². The third-order valence-corrected chi connectivity index (χ3v) is 2.08. The highest BCUT2D eigenvalue weighted by molar-refractivity contribution is 4.74. The zero-order valence-corrected chi connectivity index (χ0v) is 8.06. The molecular formula is C9H20O4. The maximum atomic E-state index is 9.32. The van der Waals surface area contributed by atoms with Crippen molar-refractivity contribution in [2.24, 2.45) is 0 Å². The van der Waals surface area contributed by atoms with Crippen molar-refractivity contribution < 1.29 is 20.4 Å². The zero-order valence-electron chi connectivity index (χ0n) is 8.06. The molecule has 0 heterocycles. The van der Waals surface area contributed by atoms with Gasteiger partial charge >= 0.3 is 0 Å². The number of rotatable bonds is 7. The lowest BCUT2D eigenvalue weighted by atomic mass is 10.0. The van der Waals surface area contributed by atoms with Crippen LogP contribution in [0.1, 0.15) is 32.6 Å². The summed E-state index contributed by atoms with van der Waals surface area (Å²) in [6.07, 6.45) is -0.0734. The molecule has 4 nitrogen and oxygen atoms in total. The predicted molar refractivity (Wildman–Crippen MR) is 49.2 cm³/mol. The molecule has 0 aliphatic carbocycles. The van der Waals surface area contributed by atoms with Gasteiger partial charge in [-0.15, -0.1) is 0 Å². The zero-order chi connectivity index (χ0) is 10.3. The summed E-state index contributed by atoms with van der Waals surface area (Å²) >= 11 is 0. The molecule has 0 radical (unpaired) electrons. The Morgan fingerprint density at radius 1 is 1.00 bits per heavy atom. The molecule has 4 heteroatoms. The molecule has 0 aliphatic rings. The summed E-state index contributed by atoms with van der Waals surface area (Å²) < 4.78 is 0. The van der Waals surface area contributed by atoms with E-state index in [9.17, 15) is 10.2 Å². The molecule has 0 aromatic carbocycles. The average Bonchev–Trinajstić information content (AvgIpc) is 2.15. The van der Waals surface area contributed by atoms with Gasteiger partial charge < -0.3 is 20.4 Å². The maximum Gasteiger partial charge on any atom is 0.108 e. The van der Waals surface area contributed by atoms with Crippen LogP contribution in [0.5, 0.6) is 0 Å². The molecular weight excluding hydrogens is 172 g/mol. The van der Waals surface area contributed by atoms with E-state index >= 15 is 0 Å². The first-order valence-corrected chi connectivity index (χ1v) is 4.78. The van der Waals surface area contributed by atoms with Gasteiger partial charge in [-0.05, 0) is 6.42 Å². The first-order chi connectivity index (χ1) is 6.13. The van der Waals surface area contributed by atoms with Gasteiger partial charge in [0.1, 0.15) is 12.2 Å². The van der Waals surface area contributed by atoms with Crippen molar-refractivity contribution in [3.8, 4) is 0 Å². The highest BCUT2D eigenvalue weighted by Gasteiger charge is 2.23. The van der Waals surface area contributed by atoms with E-state index in [1.165, 1.54) is 0 Å². The Kier molecular flexibility index (Phi) is 7.17. The molecule has 0 fully saturated rings. The van der Waals surface area contributed by atoms with E-state index in [1.807, 2.05) is 6.92 Å². The normalized spacial score (nSPS) is 18.2. The van der Waals surface area contributed by atoms with Crippen LogP contribution in [0.3, 0.4) is 0 Å². The van der Waals surface area contributed by atoms with Crippen LogP contribution >= 0.6 is 0 Å². The van der Waals surface area contributed by atoms with Gasteiger partial charge in [0.2, 0.25) is 0 Å². The highest BCUT2D eigenvalue weighted by Crippen LogP contribution is 2.09. The number of hydrogen-bond acceptors (Lipinski definition) is 4. The van der Waals surface area contributed by atoms with Gasteiger partial charge in [-0.3, -0.25) is 0 Å². The van der Waals surface area contributed by atoms with Crippen LogP contribution in [0.25, 0.3) is 0 Å². The van der Waals surface area contributed by atoms with Crippen molar-refractivity contribution in [1.29, 1.82) is 0 Å². The average molecular weight is 192 g/mol. The standard InChI is InChI=1S/C9H20O4/c1-2-3-4-5-7(11)9(13)8(12)6-10/h7-13H,2-6H2,1H3/t7-,8+,9+/m1/s1. The fraction of sp³-hybridized carbons (Fsp3) is 1.00. The van der Waals surface area contributed by atoms with Crippen LogP contribution in [0.2, 0.25) is 0 Å². The third-order valence-electron chi connectivity index (χ3n) is 2.08. The van der Waals surface area contributed by atoms with Crippen LogP contribution < -0.4 is 0 Å². The molecule has 0 aromatic rings. The van der Waals surface area contributed by atoms with Crippen molar-refractivity contribution >= 4 is 0 Å². The van der Waals surface area contributed by atoms with Gasteiger partial charge in [0, 0.05) is 0 Å². The summed E-state index contributed by atoms with van der Waals surface area (Å²) in [7, 11) is 0. The van der Waals surface area contributed by atoms with E-state index in [2.05, 4.69) is 0 Å². The monoisotopic (exact) mass is 192 g/mol. The van der Waals surface area contributed by atoms with Crippen molar-refractivity contribution in [3.63, 3.8) is 0 Å². The molecule has 0 saturated heterocycles. The first-order valence-electron chi connectivity index (χ1n) is 4.78. The van der Waals surface area contributed by atoms with E-state index < -0.39 is 24.9 Å². The molecule has 0 aromatic heterocycles. The van der Waals surface area contributed by atoms with Crippen LogP contribution in [-0.2, 0) is 0 Å². The minimum absolute atomic E-state index is 0.464. The van der Waals surface area contributed by atoms with Crippen molar-refractivity contribution in [2.45, 2.75) is 50.9 Å². The van der Waals surface area contributed by atoms with Crippen molar-refractivity contribution in [2.75, 3.05) is 6.61 Å². The molecule has 80 valence electrons. The molecule has 0 aliphatic heterocycles. The highest BCUT2D eigenvalue weighted by atomic mass is 16.4. The lowest BCUT2D eigenvalue weighted by Gasteiger charge is -2.21. The van der Waals surface area contributed by atoms with E-state index in [0.29, 0.717) is 6.42 Å². The Morgan fingerprint density at radius 2 is 1.62 bits per heavy atom. The largest absolute Gasteiger partial charge is 0.394 e. The van der Waals surface area contributed by atoms with E-state index in [-0.39, 0.29) is 0 Å². The summed E-state index contributed by atoms with van der Waals surface area (Å²) in [4.78, 5) is 0. The second kappa shape index (κ2) is 7.26. The Hall–Kier alpha value is -0.160. The summed E-state index contributed by atoms with van der Waals surface area (Å²) in [6.45, 7) is 1.53. The van der Waals surface area contributed by atoms with Crippen LogP contribution in [0.15, 0.2) is 0 Å². The summed E-state index contributed by atoms with van der Waals surface area (Å²) in [5.41, 5.74) is 0. The minimum Gasteiger partial charge on any atom is -0.394 e.